The van der Waals surface area contributed by atoms with E-state index in [4.69, 9.17) is 0 Å². The first kappa shape index (κ1) is 10.8. The first-order valence-corrected chi connectivity index (χ1v) is 4.45. The zero-order valence-electron chi connectivity index (χ0n) is 7.91. The molecule has 0 saturated heterocycles. The standard InChI is InChI=1S/C9H15F3O/c1-7(3-4-7)8(2,13)5-6-9(10,11)12/h13H,3-6H2,1-2H3. The maximum Gasteiger partial charge on any atom is 0.389 e. The molecule has 78 valence electrons. The Balaban J connectivity index is 2.44. The van der Waals surface area contributed by atoms with Crippen LogP contribution in [0.2, 0.25) is 0 Å². The molecule has 4 heteroatoms. The van der Waals surface area contributed by atoms with E-state index in [0.717, 1.165) is 12.8 Å². The van der Waals surface area contributed by atoms with Gasteiger partial charge in [0.15, 0.2) is 0 Å². The Hall–Kier alpha value is -0.250. The summed E-state index contributed by atoms with van der Waals surface area (Å²) in [6.45, 7) is 3.34. The molecular formula is C9H15F3O. The van der Waals surface area contributed by atoms with Gasteiger partial charge in [-0.05, 0) is 31.6 Å². The fourth-order valence-corrected chi connectivity index (χ4v) is 1.41. The summed E-state index contributed by atoms with van der Waals surface area (Å²) in [5.74, 6) is 0. The van der Waals surface area contributed by atoms with Crippen molar-refractivity contribution in [3.63, 3.8) is 0 Å². The van der Waals surface area contributed by atoms with Crippen LogP contribution >= 0.6 is 0 Å². The molecule has 0 aromatic heterocycles. The second kappa shape index (κ2) is 2.87. The number of hydrogen-bond acceptors (Lipinski definition) is 1. The Labute approximate surface area is 75.9 Å². The molecule has 13 heavy (non-hydrogen) atoms. The van der Waals surface area contributed by atoms with E-state index < -0.39 is 18.2 Å². The number of halogens is 3. The summed E-state index contributed by atoms with van der Waals surface area (Å²) >= 11 is 0. The summed E-state index contributed by atoms with van der Waals surface area (Å²) < 4.78 is 35.7. The molecule has 1 atom stereocenters. The van der Waals surface area contributed by atoms with Gasteiger partial charge in [0.05, 0.1) is 5.60 Å². The van der Waals surface area contributed by atoms with Gasteiger partial charge in [-0.1, -0.05) is 6.92 Å². The van der Waals surface area contributed by atoms with Crippen molar-refractivity contribution < 1.29 is 18.3 Å². The molecule has 0 amide bonds. The van der Waals surface area contributed by atoms with Crippen molar-refractivity contribution in [2.24, 2.45) is 5.41 Å². The van der Waals surface area contributed by atoms with Gasteiger partial charge in [-0.3, -0.25) is 0 Å². The first-order chi connectivity index (χ1) is 5.66. The highest BCUT2D eigenvalue weighted by Crippen LogP contribution is 2.55. The molecule has 0 heterocycles. The van der Waals surface area contributed by atoms with Crippen LogP contribution in [0, 0.1) is 5.41 Å². The molecule has 0 spiro atoms. The Morgan fingerprint density at radius 3 is 2.00 bits per heavy atom. The van der Waals surface area contributed by atoms with Crippen LogP contribution in [0.1, 0.15) is 39.5 Å². The molecule has 0 aromatic rings. The summed E-state index contributed by atoms with van der Waals surface area (Å²) in [5, 5.41) is 9.78. The van der Waals surface area contributed by atoms with Crippen LogP contribution < -0.4 is 0 Å². The molecule has 1 N–H and O–H groups in total. The van der Waals surface area contributed by atoms with E-state index in [-0.39, 0.29) is 11.8 Å². The molecule has 1 fully saturated rings. The molecule has 0 aromatic carbocycles. The molecular weight excluding hydrogens is 181 g/mol. The number of aliphatic hydroxyl groups is 1. The van der Waals surface area contributed by atoms with Crippen molar-refractivity contribution in [1.82, 2.24) is 0 Å². The molecule has 1 aliphatic rings. The Morgan fingerprint density at radius 2 is 1.69 bits per heavy atom. The normalized spacial score (nSPS) is 25.4. The molecule has 1 rings (SSSR count). The minimum atomic E-state index is -4.16. The van der Waals surface area contributed by atoms with E-state index in [1.807, 2.05) is 6.92 Å². The van der Waals surface area contributed by atoms with Gasteiger partial charge >= 0.3 is 6.18 Å². The van der Waals surface area contributed by atoms with Gasteiger partial charge in [-0.2, -0.15) is 13.2 Å². The average molecular weight is 196 g/mol. The van der Waals surface area contributed by atoms with Crippen molar-refractivity contribution in [3.8, 4) is 0 Å². The third-order valence-electron chi connectivity index (χ3n) is 3.20. The van der Waals surface area contributed by atoms with Gasteiger partial charge in [0.1, 0.15) is 0 Å². The molecule has 0 aliphatic heterocycles. The van der Waals surface area contributed by atoms with Gasteiger partial charge in [0.2, 0.25) is 0 Å². The molecule has 1 saturated carbocycles. The molecule has 0 bridgehead atoms. The Kier molecular flexibility index (Phi) is 2.39. The van der Waals surface area contributed by atoms with Gasteiger partial charge < -0.3 is 5.11 Å². The van der Waals surface area contributed by atoms with E-state index >= 15 is 0 Å². The van der Waals surface area contributed by atoms with Crippen LogP contribution in [0.4, 0.5) is 13.2 Å². The summed E-state index contributed by atoms with van der Waals surface area (Å²) in [4.78, 5) is 0. The highest BCUT2D eigenvalue weighted by Gasteiger charge is 2.52. The van der Waals surface area contributed by atoms with Crippen molar-refractivity contribution in [3.05, 3.63) is 0 Å². The van der Waals surface area contributed by atoms with Gasteiger partial charge in [-0.25, -0.2) is 0 Å². The van der Waals surface area contributed by atoms with Crippen molar-refractivity contribution in [1.29, 1.82) is 0 Å². The van der Waals surface area contributed by atoms with Crippen LogP contribution in [0.15, 0.2) is 0 Å². The van der Waals surface area contributed by atoms with Crippen molar-refractivity contribution in [2.75, 3.05) is 0 Å². The monoisotopic (exact) mass is 196 g/mol. The number of rotatable bonds is 3. The first-order valence-electron chi connectivity index (χ1n) is 4.45. The van der Waals surface area contributed by atoms with E-state index in [0.29, 0.717) is 0 Å². The lowest BCUT2D eigenvalue weighted by Gasteiger charge is -2.30. The average Bonchev–Trinajstić information content (AvgIpc) is 2.64. The number of hydrogen-bond donors (Lipinski definition) is 1. The minimum absolute atomic E-state index is 0.188. The highest BCUT2D eigenvalue weighted by molar-refractivity contribution is 5.02. The maximum atomic E-state index is 11.9. The zero-order chi connectivity index (χ0) is 10.3. The van der Waals surface area contributed by atoms with Crippen LogP contribution in [0.25, 0.3) is 0 Å². The van der Waals surface area contributed by atoms with E-state index in [1.54, 1.807) is 0 Å². The van der Waals surface area contributed by atoms with Crippen LogP contribution in [-0.2, 0) is 0 Å². The van der Waals surface area contributed by atoms with E-state index in [1.165, 1.54) is 6.92 Å². The van der Waals surface area contributed by atoms with Crippen molar-refractivity contribution in [2.45, 2.75) is 51.3 Å². The van der Waals surface area contributed by atoms with Gasteiger partial charge in [-0.15, -0.1) is 0 Å². The predicted octanol–water partition coefficient (Wildman–Crippen LogP) is 2.88. The lowest BCUT2D eigenvalue weighted by Crippen LogP contribution is -2.35. The third-order valence-corrected chi connectivity index (χ3v) is 3.20. The SMILES string of the molecule is CC(O)(CCC(F)(F)F)C1(C)CC1. The summed E-state index contributed by atoms with van der Waals surface area (Å²) in [5.41, 5.74) is -1.44. The van der Waals surface area contributed by atoms with Crippen LogP contribution in [0.5, 0.6) is 0 Å². The molecule has 1 aliphatic carbocycles. The molecule has 1 unspecified atom stereocenters. The smallest absolute Gasteiger partial charge is 0.389 e. The van der Waals surface area contributed by atoms with Gasteiger partial charge in [0.25, 0.3) is 0 Å². The predicted molar refractivity (Wildman–Crippen MR) is 43.3 cm³/mol. The van der Waals surface area contributed by atoms with E-state index in [2.05, 4.69) is 0 Å². The quantitative estimate of drug-likeness (QED) is 0.735. The topological polar surface area (TPSA) is 20.2 Å². The number of alkyl halides is 3. The maximum absolute atomic E-state index is 11.9. The van der Waals surface area contributed by atoms with Crippen LogP contribution in [0.3, 0.4) is 0 Å². The molecule has 0 radical (unpaired) electrons. The summed E-state index contributed by atoms with van der Waals surface area (Å²) in [6, 6.07) is 0. The summed E-state index contributed by atoms with van der Waals surface area (Å²) in [6.07, 6.45) is -3.58. The largest absolute Gasteiger partial charge is 0.390 e. The van der Waals surface area contributed by atoms with Crippen molar-refractivity contribution >= 4 is 0 Å². The Morgan fingerprint density at radius 1 is 1.23 bits per heavy atom. The highest BCUT2D eigenvalue weighted by atomic mass is 19.4. The molecule has 1 nitrogen and oxygen atoms in total. The fraction of sp³-hybridized carbons (Fsp3) is 1.00. The van der Waals surface area contributed by atoms with Crippen LogP contribution in [-0.4, -0.2) is 16.9 Å². The van der Waals surface area contributed by atoms with Gasteiger partial charge in [0, 0.05) is 6.42 Å². The Bertz CT molecular complexity index is 192. The minimum Gasteiger partial charge on any atom is -0.390 e. The second-order valence-electron chi connectivity index (χ2n) is 4.45. The second-order valence-corrected chi connectivity index (χ2v) is 4.45. The summed E-state index contributed by atoms with van der Waals surface area (Å²) in [7, 11) is 0. The lowest BCUT2D eigenvalue weighted by atomic mass is 9.83. The van der Waals surface area contributed by atoms with E-state index in [9.17, 15) is 18.3 Å². The third kappa shape index (κ3) is 2.59. The zero-order valence-corrected chi connectivity index (χ0v) is 7.91. The fourth-order valence-electron chi connectivity index (χ4n) is 1.41. The lowest BCUT2D eigenvalue weighted by molar-refractivity contribution is -0.150.